The van der Waals surface area contributed by atoms with Crippen LogP contribution in [0.5, 0.6) is 0 Å². The van der Waals surface area contributed by atoms with Gasteiger partial charge in [-0.15, -0.1) is 0 Å². The van der Waals surface area contributed by atoms with E-state index in [9.17, 15) is 8.42 Å². The molecule has 1 N–H and O–H groups in total. The molecule has 1 aliphatic rings. The van der Waals surface area contributed by atoms with E-state index in [0.717, 1.165) is 17.1 Å². The zero-order chi connectivity index (χ0) is 14.9. The number of benzene rings is 1. The first-order valence-corrected chi connectivity index (χ1v) is 9.00. The smallest absolute Gasteiger partial charge is 0.151 e. The van der Waals surface area contributed by atoms with E-state index in [4.69, 9.17) is 16.0 Å². The Labute approximate surface area is 129 Å². The number of rotatable bonds is 4. The lowest BCUT2D eigenvalue weighted by atomic mass is 10.2. The summed E-state index contributed by atoms with van der Waals surface area (Å²) in [5.74, 6) is 2.07. The fraction of sp³-hybridized carbons (Fsp3) is 0.333. The summed E-state index contributed by atoms with van der Waals surface area (Å²) in [6.07, 6.45) is 0.674. The van der Waals surface area contributed by atoms with Crippen molar-refractivity contribution in [3.05, 3.63) is 47.2 Å². The largest absolute Gasteiger partial charge is 0.460 e. The highest BCUT2D eigenvalue weighted by Gasteiger charge is 2.27. The summed E-state index contributed by atoms with van der Waals surface area (Å²) >= 11 is 5.86. The highest BCUT2D eigenvalue weighted by atomic mass is 35.5. The maximum atomic E-state index is 11.4. The van der Waals surface area contributed by atoms with E-state index in [2.05, 4.69) is 5.32 Å². The molecule has 4 nitrogen and oxygen atoms in total. The van der Waals surface area contributed by atoms with Crippen molar-refractivity contribution in [1.82, 2.24) is 5.32 Å². The molecule has 0 aliphatic carbocycles. The van der Waals surface area contributed by atoms with Gasteiger partial charge < -0.3 is 9.73 Å². The molecule has 3 rings (SSSR count). The van der Waals surface area contributed by atoms with E-state index in [1.54, 1.807) is 0 Å². The molecule has 0 spiro atoms. The number of nitrogens with one attached hydrogen (secondary N) is 1. The number of sulfone groups is 1. The molecule has 1 aromatic heterocycles. The number of hydrogen-bond donors (Lipinski definition) is 1. The molecule has 2 aromatic rings. The van der Waals surface area contributed by atoms with Crippen LogP contribution in [0.25, 0.3) is 11.3 Å². The van der Waals surface area contributed by atoms with Gasteiger partial charge in [0.15, 0.2) is 9.84 Å². The van der Waals surface area contributed by atoms with E-state index in [1.807, 2.05) is 36.4 Å². The van der Waals surface area contributed by atoms with E-state index in [0.29, 0.717) is 18.0 Å². The van der Waals surface area contributed by atoms with Crippen LogP contribution in [0, 0.1) is 0 Å². The standard InChI is InChI=1S/C15H16ClNO3S/c16-12-3-1-11(2-4-12)15-6-5-14(20-15)9-17-13-7-8-21(18,19)10-13/h1-6,13,17H,7-10H2/t13-/m1/s1. The summed E-state index contributed by atoms with van der Waals surface area (Å²) < 4.78 is 28.6. The van der Waals surface area contributed by atoms with E-state index >= 15 is 0 Å². The predicted molar refractivity (Wildman–Crippen MR) is 83.1 cm³/mol. The molecule has 2 heterocycles. The van der Waals surface area contributed by atoms with Gasteiger partial charge in [0.2, 0.25) is 0 Å². The van der Waals surface area contributed by atoms with Gasteiger partial charge in [0.1, 0.15) is 11.5 Å². The summed E-state index contributed by atoms with van der Waals surface area (Å²) in [5, 5.41) is 3.92. The van der Waals surface area contributed by atoms with E-state index in [1.165, 1.54) is 0 Å². The second kappa shape index (κ2) is 5.83. The Morgan fingerprint density at radius 2 is 1.95 bits per heavy atom. The second-order valence-electron chi connectivity index (χ2n) is 5.25. The van der Waals surface area contributed by atoms with Gasteiger partial charge in [0, 0.05) is 16.6 Å². The Bertz CT molecular complexity index is 722. The van der Waals surface area contributed by atoms with Crippen LogP contribution in [-0.4, -0.2) is 26.0 Å². The van der Waals surface area contributed by atoms with Crippen LogP contribution in [0.2, 0.25) is 5.02 Å². The van der Waals surface area contributed by atoms with Gasteiger partial charge in [-0.3, -0.25) is 0 Å². The normalized spacial score (nSPS) is 20.7. The maximum Gasteiger partial charge on any atom is 0.151 e. The summed E-state index contributed by atoms with van der Waals surface area (Å²) in [6.45, 7) is 0.535. The molecule has 0 amide bonds. The van der Waals surface area contributed by atoms with Crippen molar-refractivity contribution in [1.29, 1.82) is 0 Å². The second-order valence-corrected chi connectivity index (χ2v) is 7.92. The maximum absolute atomic E-state index is 11.4. The number of hydrogen-bond acceptors (Lipinski definition) is 4. The molecule has 0 saturated carbocycles. The SMILES string of the molecule is O=S1(=O)CC[C@@H](NCc2ccc(-c3ccc(Cl)cc3)o2)C1. The van der Waals surface area contributed by atoms with Crippen LogP contribution >= 0.6 is 11.6 Å². The zero-order valence-electron chi connectivity index (χ0n) is 11.4. The fourth-order valence-electron chi connectivity index (χ4n) is 2.44. The summed E-state index contributed by atoms with van der Waals surface area (Å²) in [6, 6.07) is 11.3. The molecule has 21 heavy (non-hydrogen) atoms. The van der Waals surface area contributed by atoms with Crippen molar-refractivity contribution < 1.29 is 12.8 Å². The summed E-state index contributed by atoms with van der Waals surface area (Å²) in [5.41, 5.74) is 0.967. The Morgan fingerprint density at radius 1 is 1.19 bits per heavy atom. The first-order valence-electron chi connectivity index (χ1n) is 6.80. The third kappa shape index (κ3) is 3.67. The van der Waals surface area contributed by atoms with Gasteiger partial charge in [-0.2, -0.15) is 0 Å². The predicted octanol–water partition coefficient (Wildman–Crippen LogP) is 2.88. The minimum atomic E-state index is -2.85. The highest BCUT2D eigenvalue weighted by Crippen LogP contribution is 2.24. The van der Waals surface area contributed by atoms with Gasteiger partial charge >= 0.3 is 0 Å². The van der Waals surface area contributed by atoms with Gasteiger partial charge in [-0.25, -0.2) is 8.42 Å². The monoisotopic (exact) mass is 325 g/mol. The van der Waals surface area contributed by atoms with Crippen molar-refractivity contribution in [2.24, 2.45) is 0 Å². The number of furan rings is 1. The van der Waals surface area contributed by atoms with Crippen LogP contribution in [0.3, 0.4) is 0 Å². The van der Waals surface area contributed by atoms with Crippen LogP contribution in [0.15, 0.2) is 40.8 Å². The summed E-state index contributed by atoms with van der Waals surface area (Å²) in [4.78, 5) is 0. The topological polar surface area (TPSA) is 59.3 Å². The Hall–Kier alpha value is -1.30. The molecule has 1 fully saturated rings. The van der Waals surface area contributed by atoms with Gasteiger partial charge in [-0.1, -0.05) is 11.6 Å². The minimum Gasteiger partial charge on any atom is -0.460 e. The lowest BCUT2D eigenvalue weighted by Gasteiger charge is -2.08. The average molecular weight is 326 g/mol. The molecule has 0 unspecified atom stereocenters. The fourth-order valence-corrected chi connectivity index (χ4v) is 4.28. The van der Waals surface area contributed by atoms with Crippen molar-refractivity contribution in [2.45, 2.75) is 19.0 Å². The van der Waals surface area contributed by atoms with Gasteiger partial charge in [-0.05, 0) is 42.8 Å². The molecular weight excluding hydrogens is 310 g/mol. The van der Waals surface area contributed by atoms with Crippen molar-refractivity contribution in [3.63, 3.8) is 0 Å². The van der Waals surface area contributed by atoms with Crippen molar-refractivity contribution in [3.8, 4) is 11.3 Å². The highest BCUT2D eigenvalue weighted by molar-refractivity contribution is 7.91. The Balaban J connectivity index is 1.62. The third-order valence-electron chi connectivity index (χ3n) is 3.59. The molecule has 6 heteroatoms. The summed E-state index contributed by atoms with van der Waals surface area (Å²) in [7, 11) is -2.85. The first kappa shape index (κ1) is 14.6. The van der Waals surface area contributed by atoms with Crippen molar-refractivity contribution >= 4 is 21.4 Å². The van der Waals surface area contributed by atoms with E-state index in [-0.39, 0.29) is 17.5 Å². The molecular formula is C15H16ClNO3S. The Kier molecular flexibility index (Phi) is 4.06. The first-order chi connectivity index (χ1) is 10.0. The molecule has 1 aromatic carbocycles. The molecule has 0 radical (unpaired) electrons. The number of halogens is 1. The van der Waals surface area contributed by atoms with Crippen LogP contribution in [0.4, 0.5) is 0 Å². The minimum absolute atomic E-state index is 0.0269. The zero-order valence-corrected chi connectivity index (χ0v) is 13.0. The Morgan fingerprint density at radius 3 is 2.62 bits per heavy atom. The molecule has 1 atom stereocenters. The van der Waals surface area contributed by atoms with Crippen LogP contribution in [0.1, 0.15) is 12.2 Å². The van der Waals surface area contributed by atoms with Crippen LogP contribution in [-0.2, 0) is 16.4 Å². The lowest BCUT2D eigenvalue weighted by molar-refractivity contribution is 0.464. The van der Waals surface area contributed by atoms with Gasteiger partial charge in [0.25, 0.3) is 0 Å². The molecule has 1 aliphatic heterocycles. The van der Waals surface area contributed by atoms with Crippen molar-refractivity contribution in [2.75, 3.05) is 11.5 Å². The van der Waals surface area contributed by atoms with Gasteiger partial charge in [0.05, 0.1) is 18.1 Å². The lowest BCUT2D eigenvalue weighted by Crippen LogP contribution is -2.29. The third-order valence-corrected chi connectivity index (χ3v) is 5.61. The average Bonchev–Trinajstić information content (AvgIpc) is 3.04. The molecule has 0 bridgehead atoms. The quantitative estimate of drug-likeness (QED) is 0.939. The molecule has 1 saturated heterocycles. The van der Waals surface area contributed by atoms with Crippen LogP contribution < -0.4 is 5.32 Å². The van der Waals surface area contributed by atoms with E-state index < -0.39 is 9.84 Å². The molecule has 112 valence electrons.